The van der Waals surface area contributed by atoms with E-state index in [1.165, 1.54) is 0 Å². The lowest BCUT2D eigenvalue weighted by atomic mass is 10.2. The maximum absolute atomic E-state index is 9.39. The van der Waals surface area contributed by atoms with E-state index in [2.05, 4.69) is 21.7 Å². The zero-order valence-electron chi connectivity index (χ0n) is 15.9. The van der Waals surface area contributed by atoms with Crippen LogP contribution in [-0.2, 0) is 13.1 Å². The van der Waals surface area contributed by atoms with Gasteiger partial charge in [-0.05, 0) is 24.3 Å². The van der Waals surface area contributed by atoms with Gasteiger partial charge in [0, 0.05) is 24.2 Å². The lowest BCUT2D eigenvalue weighted by Gasteiger charge is -2.13. The average Bonchev–Trinajstić information content (AvgIpc) is 2.76. The molecule has 0 saturated heterocycles. The number of ether oxygens (including phenoxy) is 2. The van der Waals surface area contributed by atoms with Gasteiger partial charge in [0.05, 0.1) is 19.8 Å². The number of anilines is 2. The second-order valence-electron chi connectivity index (χ2n) is 6.04. The molecule has 6 nitrogen and oxygen atoms in total. The van der Waals surface area contributed by atoms with Crippen molar-refractivity contribution in [1.82, 2.24) is 4.98 Å². The van der Waals surface area contributed by atoms with Crippen LogP contribution >= 0.6 is 0 Å². The second kappa shape index (κ2) is 9.28. The Morgan fingerprint density at radius 2 is 1.39 bits per heavy atom. The van der Waals surface area contributed by atoms with Gasteiger partial charge < -0.3 is 20.1 Å². The first-order valence-electron chi connectivity index (χ1n) is 8.88. The topological polar surface area (TPSA) is 79.2 Å². The molecule has 0 aliphatic carbocycles. The Bertz CT molecular complexity index is 982. The predicted octanol–water partition coefficient (Wildman–Crippen LogP) is 4.19. The molecule has 0 amide bonds. The number of aromatic nitrogens is 1. The minimum atomic E-state index is 0.484. The van der Waals surface area contributed by atoms with Gasteiger partial charge in [-0.3, -0.25) is 0 Å². The summed E-state index contributed by atoms with van der Waals surface area (Å²) in [6, 6.07) is 21.3. The third-order valence-corrected chi connectivity index (χ3v) is 4.31. The van der Waals surface area contributed by atoms with Crippen LogP contribution in [0.25, 0.3) is 0 Å². The van der Waals surface area contributed by atoms with Crippen molar-refractivity contribution in [3.8, 4) is 17.6 Å². The van der Waals surface area contributed by atoms with Crippen LogP contribution in [0.2, 0.25) is 0 Å². The molecule has 0 atom stereocenters. The van der Waals surface area contributed by atoms with Crippen molar-refractivity contribution < 1.29 is 9.47 Å². The third kappa shape index (κ3) is 4.51. The third-order valence-electron chi connectivity index (χ3n) is 4.31. The van der Waals surface area contributed by atoms with E-state index in [4.69, 9.17) is 9.47 Å². The fraction of sp³-hybridized carbons (Fsp3) is 0.182. The highest BCUT2D eigenvalue weighted by Gasteiger charge is 2.08. The van der Waals surface area contributed by atoms with Crippen LogP contribution in [0.15, 0.2) is 60.7 Å². The first kappa shape index (κ1) is 19.1. The number of nitriles is 1. The Kier molecular flexibility index (Phi) is 6.32. The fourth-order valence-electron chi connectivity index (χ4n) is 2.85. The molecule has 28 heavy (non-hydrogen) atoms. The highest BCUT2D eigenvalue weighted by molar-refractivity contribution is 5.57. The van der Waals surface area contributed by atoms with E-state index in [0.717, 1.165) is 22.6 Å². The van der Waals surface area contributed by atoms with Crippen molar-refractivity contribution in [3.63, 3.8) is 0 Å². The van der Waals surface area contributed by atoms with Crippen LogP contribution in [0, 0.1) is 11.3 Å². The molecule has 2 N–H and O–H groups in total. The Hall–Kier alpha value is -3.72. The van der Waals surface area contributed by atoms with E-state index < -0.39 is 0 Å². The summed E-state index contributed by atoms with van der Waals surface area (Å²) in [6.45, 7) is 1.07. The van der Waals surface area contributed by atoms with Crippen LogP contribution in [0.1, 0.15) is 16.7 Å². The van der Waals surface area contributed by atoms with Gasteiger partial charge in [0.15, 0.2) is 0 Å². The van der Waals surface area contributed by atoms with Crippen molar-refractivity contribution in [2.75, 3.05) is 24.9 Å². The van der Waals surface area contributed by atoms with Crippen LogP contribution in [0.5, 0.6) is 11.5 Å². The van der Waals surface area contributed by atoms with Gasteiger partial charge in [-0.15, -0.1) is 0 Å². The monoisotopic (exact) mass is 374 g/mol. The molecule has 1 aromatic heterocycles. The number of benzene rings is 2. The van der Waals surface area contributed by atoms with Gasteiger partial charge in [0.1, 0.15) is 29.2 Å². The molecule has 142 valence electrons. The molecule has 0 spiro atoms. The Balaban J connectivity index is 1.74. The van der Waals surface area contributed by atoms with Gasteiger partial charge >= 0.3 is 0 Å². The molecule has 1 heterocycles. The Morgan fingerprint density at radius 1 is 0.821 bits per heavy atom. The van der Waals surface area contributed by atoms with E-state index in [1.54, 1.807) is 26.4 Å². The van der Waals surface area contributed by atoms with Crippen LogP contribution in [-0.4, -0.2) is 19.2 Å². The summed E-state index contributed by atoms with van der Waals surface area (Å²) in [5, 5.41) is 15.9. The van der Waals surface area contributed by atoms with Crippen molar-refractivity contribution in [3.05, 3.63) is 77.4 Å². The van der Waals surface area contributed by atoms with E-state index in [9.17, 15) is 5.26 Å². The molecule has 0 unspecified atom stereocenters. The number of nitrogens with one attached hydrogen (secondary N) is 2. The Morgan fingerprint density at radius 3 is 1.96 bits per heavy atom. The normalized spacial score (nSPS) is 10.0. The molecule has 0 aliphatic rings. The van der Waals surface area contributed by atoms with Gasteiger partial charge in [-0.1, -0.05) is 36.4 Å². The lowest BCUT2D eigenvalue weighted by molar-refractivity contribution is 0.410. The highest BCUT2D eigenvalue weighted by Crippen LogP contribution is 2.22. The van der Waals surface area contributed by atoms with E-state index >= 15 is 0 Å². The largest absolute Gasteiger partial charge is 0.496 e. The van der Waals surface area contributed by atoms with E-state index in [-0.39, 0.29) is 0 Å². The number of rotatable bonds is 8. The zero-order chi connectivity index (χ0) is 19.8. The molecule has 0 fully saturated rings. The molecule has 0 bridgehead atoms. The lowest BCUT2D eigenvalue weighted by Crippen LogP contribution is -2.08. The first-order chi connectivity index (χ1) is 13.7. The van der Waals surface area contributed by atoms with E-state index in [0.29, 0.717) is 30.3 Å². The van der Waals surface area contributed by atoms with Gasteiger partial charge in [-0.25, -0.2) is 4.98 Å². The number of hydrogen-bond donors (Lipinski definition) is 2. The van der Waals surface area contributed by atoms with Crippen LogP contribution in [0.3, 0.4) is 0 Å². The van der Waals surface area contributed by atoms with Gasteiger partial charge in [0.2, 0.25) is 0 Å². The summed E-state index contributed by atoms with van der Waals surface area (Å²) < 4.78 is 10.7. The maximum atomic E-state index is 9.39. The standard InChI is InChI=1S/C22H22N4O2/c1-27-19-9-5-3-7-17(19)14-24-21-12-11-16(13-23)22(26-21)25-15-18-8-4-6-10-20(18)28-2/h3-12H,14-15H2,1-2H3,(H2,24,25,26). The molecule has 0 aliphatic heterocycles. The SMILES string of the molecule is COc1ccccc1CNc1ccc(C#N)c(NCc2ccccc2OC)n1. The summed E-state index contributed by atoms with van der Waals surface area (Å²) in [4.78, 5) is 4.56. The minimum absolute atomic E-state index is 0.484. The molecular formula is C22H22N4O2. The zero-order valence-corrected chi connectivity index (χ0v) is 15.9. The molecule has 3 rings (SSSR count). The van der Waals surface area contributed by atoms with Crippen molar-refractivity contribution in [2.45, 2.75) is 13.1 Å². The van der Waals surface area contributed by atoms with Gasteiger partial charge in [-0.2, -0.15) is 5.26 Å². The Labute approximate surface area is 164 Å². The van der Waals surface area contributed by atoms with Crippen LogP contribution in [0.4, 0.5) is 11.6 Å². The molecular weight excluding hydrogens is 352 g/mol. The maximum Gasteiger partial charge on any atom is 0.146 e. The molecule has 0 saturated carbocycles. The number of nitrogens with zero attached hydrogens (tertiary/aromatic N) is 2. The minimum Gasteiger partial charge on any atom is -0.496 e. The fourth-order valence-corrected chi connectivity index (χ4v) is 2.85. The average molecular weight is 374 g/mol. The van der Waals surface area contributed by atoms with E-state index in [1.807, 2.05) is 48.5 Å². The summed E-state index contributed by atoms with van der Waals surface area (Å²) >= 11 is 0. The van der Waals surface area contributed by atoms with Crippen molar-refractivity contribution in [2.24, 2.45) is 0 Å². The molecule has 6 heteroatoms. The summed E-state index contributed by atoms with van der Waals surface area (Å²) in [5.41, 5.74) is 2.50. The number of hydrogen-bond acceptors (Lipinski definition) is 6. The second-order valence-corrected chi connectivity index (χ2v) is 6.04. The van der Waals surface area contributed by atoms with Crippen LogP contribution < -0.4 is 20.1 Å². The van der Waals surface area contributed by atoms with Crippen molar-refractivity contribution >= 4 is 11.6 Å². The predicted molar refractivity (Wildman–Crippen MR) is 110 cm³/mol. The molecule has 0 radical (unpaired) electrons. The summed E-state index contributed by atoms with van der Waals surface area (Å²) in [6.07, 6.45) is 0. The number of methoxy groups -OCH3 is 2. The molecule has 2 aromatic carbocycles. The summed E-state index contributed by atoms with van der Waals surface area (Å²) in [7, 11) is 3.29. The molecule has 3 aromatic rings. The highest BCUT2D eigenvalue weighted by atomic mass is 16.5. The number of para-hydroxylation sites is 2. The first-order valence-corrected chi connectivity index (χ1v) is 8.88. The smallest absolute Gasteiger partial charge is 0.146 e. The number of pyridine rings is 1. The quantitative estimate of drug-likeness (QED) is 0.615. The van der Waals surface area contributed by atoms with Crippen molar-refractivity contribution in [1.29, 1.82) is 5.26 Å². The van der Waals surface area contributed by atoms with Gasteiger partial charge in [0.25, 0.3) is 0 Å². The summed E-state index contributed by atoms with van der Waals surface area (Å²) in [5.74, 6) is 2.81.